The lowest BCUT2D eigenvalue weighted by atomic mass is 9.92. The average Bonchev–Trinajstić information content (AvgIpc) is 3.05. The molecule has 1 fully saturated rings. The van der Waals surface area contributed by atoms with Crippen LogP contribution in [-0.2, 0) is 0 Å². The van der Waals surface area contributed by atoms with E-state index in [2.05, 4.69) is 5.16 Å². The fraction of sp³-hybridized carbons (Fsp3) is 0.412. The first-order valence-corrected chi connectivity index (χ1v) is 7.64. The minimum atomic E-state index is -0.313. The van der Waals surface area contributed by atoms with Gasteiger partial charge in [0.25, 0.3) is 5.91 Å². The van der Waals surface area contributed by atoms with E-state index in [9.17, 15) is 9.90 Å². The van der Waals surface area contributed by atoms with Gasteiger partial charge in [-0.25, -0.2) is 0 Å². The summed E-state index contributed by atoms with van der Waals surface area (Å²) in [4.78, 5) is 14.2. The van der Waals surface area contributed by atoms with Gasteiger partial charge in [0.15, 0.2) is 0 Å². The van der Waals surface area contributed by atoms with Gasteiger partial charge in [0.2, 0.25) is 5.76 Å². The van der Waals surface area contributed by atoms with Crippen molar-refractivity contribution in [2.45, 2.75) is 25.9 Å². The number of hydrogen-bond donors (Lipinski definition) is 1. The zero-order valence-electron chi connectivity index (χ0n) is 12.6. The maximum atomic E-state index is 12.5. The normalized spacial score (nSPS) is 17.5. The first kappa shape index (κ1) is 14.8. The van der Waals surface area contributed by atoms with Gasteiger partial charge in [-0.05, 0) is 25.7 Å². The van der Waals surface area contributed by atoms with Gasteiger partial charge in [0, 0.05) is 24.7 Å². The van der Waals surface area contributed by atoms with Gasteiger partial charge in [-0.15, -0.1) is 0 Å². The van der Waals surface area contributed by atoms with Gasteiger partial charge in [0.1, 0.15) is 5.69 Å². The molecule has 1 aromatic carbocycles. The molecule has 1 amide bonds. The number of benzene rings is 1. The van der Waals surface area contributed by atoms with Gasteiger partial charge in [-0.1, -0.05) is 35.5 Å². The van der Waals surface area contributed by atoms with E-state index < -0.39 is 0 Å². The zero-order chi connectivity index (χ0) is 15.5. The Morgan fingerprint density at radius 3 is 2.64 bits per heavy atom. The second-order valence-electron chi connectivity index (χ2n) is 5.81. The summed E-state index contributed by atoms with van der Waals surface area (Å²) in [5.74, 6) is 0.423. The Balaban J connectivity index is 1.68. The molecule has 1 N–H and O–H groups in total. The van der Waals surface area contributed by atoms with Crippen molar-refractivity contribution in [2.75, 3.05) is 13.1 Å². The Labute approximate surface area is 129 Å². The molecule has 1 atom stereocenters. The smallest absolute Gasteiger partial charge is 0.292 e. The van der Waals surface area contributed by atoms with Crippen molar-refractivity contribution in [1.29, 1.82) is 0 Å². The van der Waals surface area contributed by atoms with E-state index in [1.807, 2.05) is 37.3 Å². The molecule has 22 heavy (non-hydrogen) atoms. The van der Waals surface area contributed by atoms with Crippen LogP contribution in [0.15, 0.2) is 40.9 Å². The zero-order valence-corrected chi connectivity index (χ0v) is 12.6. The number of amides is 1. The molecule has 0 saturated carbocycles. The second-order valence-corrected chi connectivity index (χ2v) is 5.81. The lowest BCUT2D eigenvalue weighted by molar-refractivity contribution is 0.0491. The number of aliphatic hydroxyl groups is 1. The number of aromatic nitrogens is 1. The molecular formula is C17H20N2O3. The van der Waals surface area contributed by atoms with Gasteiger partial charge >= 0.3 is 0 Å². The molecular weight excluding hydrogens is 280 g/mol. The van der Waals surface area contributed by atoms with Crippen LogP contribution < -0.4 is 0 Å². The van der Waals surface area contributed by atoms with E-state index in [4.69, 9.17) is 4.52 Å². The first-order chi connectivity index (χ1) is 10.6. The highest BCUT2D eigenvalue weighted by atomic mass is 16.5. The molecule has 5 heteroatoms. The number of carbonyl (C=O) groups is 1. The van der Waals surface area contributed by atoms with E-state index in [-0.39, 0.29) is 23.7 Å². The summed E-state index contributed by atoms with van der Waals surface area (Å²) in [7, 11) is 0. The van der Waals surface area contributed by atoms with Crippen LogP contribution in [0.4, 0.5) is 0 Å². The van der Waals surface area contributed by atoms with Crippen LogP contribution in [0.5, 0.6) is 0 Å². The Hall–Kier alpha value is -2.14. The highest BCUT2D eigenvalue weighted by Crippen LogP contribution is 2.23. The van der Waals surface area contributed by atoms with Crippen molar-refractivity contribution in [3.8, 4) is 11.3 Å². The number of rotatable bonds is 3. The average molecular weight is 300 g/mol. The van der Waals surface area contributed by atoms with Crippen LogP contribution in [-0.4, -0.2) is 40.3 Å². The molecule has 2 aromatic rings. The molecule has 116 valence electrons. The molecule has 0 aliphatic carbocycles. The third-order valence-corrected chi connectivity index (χ3v) is 4.30. The van der Waals surface area contributed by atoms with E-state index in [0.717, 1.165) is 18.4 Å². The van der Waals surface area contributed by atoms with Crippen molar-refractivity contribution in [2.24, 2.45) is 5.92 Å². The molecule has 0 bridgehead atoms. The number of hydrogen-bond acceptors (Lipinski definition) is 4. The summed E-state index contributed by atoms with van der Waals surface area (Å²) in [6, 6.07) is 11.3. The number of aliphatic hydroxyl groups excluding tert-OH is 1. The number of piperidine rings is 1. The summed E-state index contributed by atoms with van der Waals surface area (Å²) < 4.78 is 5.22. The van der Waals surface area contributed by atoms with Gasteiger partial charge in [-0.3, -0.25) is 4.79 Å². The fourth-order valence-corrected chi connectivity index (χ4v) is 2.86. The van der Waals surface area contributed by atoms with Crippen LogP contribution in [0.2, 0.25) is 0 Å². The maximum absolute atomic E-state index is 12.5. The predicted octanol–water partition coefficient (Wildman–Crippen LogP) is 2.57. The van der Waals surface area contributed by atoms with Gasteiger partial charge < -0.3 is 14.5 Å². The topological polar surface area (TPSA) is 66.6 Å². The lowest BCUT2D eigenvalue weighted by Crippen LogP contribution is -2.40. The standard InChI is InChI=1S/C17H20N2O3/c1-12(20)13-7-9-19(10-8-13)17(21)16-11-15(18-22-16)14-5-3-2-4-6-14/h2-6,11-13,20H,7-10H2,1H3/t12-/m1/s1. The third-order valence-electron chi connectivity index (χ3n) is 4.30. The van der Waals surface area contributed by atoms with Crippen molar-refractivity contribution in [1.82, 2.24) is 10.1 Å². The molecule has 5 nitrogen and oxygen atoms in total. The molecule has 1 aliphatic rings. The van der Waals surface area contributed by atoms with Crippen LogP contribution in [0, 0.1) is 5.92 Å². The van der Waals surface area contributed by atoms with Crippen LogP contribution in [0.25, 0.3) is 11.3 Å². The van der Waals surface area contributed by atoms with Gasteiger partial charge in [0.05, 0.1) is 6.10 Å². The monoisotopic (exact) mass is 300 g/mol. The van der Waals surface area contributed by atoms with E-state index >= 15 is 0 Å². The third kappa shape index (κ3) is 3.04. The largest absolute Gasteiger partial charge is 0.393 e. The Bertz CT molecular complexity index is 628. The number of nitrogens with zero attached hydrogens (tertiary/aromatic N) is 2. The van der Waals surface area contributed by atoms with Crippen molar-refractivity contribution in [3.63, 3.8) is 0 Å². The lowest BCUT2D eigenvalue weighted by Gasteiger charge is -2.32. The minimum Gasteiger partial charge on any atom is -0.393 e. The highest BCUT2D eigenvalue weighted by Gasteiger charge is 2.28. The summed E-state index contributed by atoms with van der Waals surface area (Å²) in [5.41, 5.74) is 1.60. The van der Waals surface area contributed by atoms with Crippen LogP contribution in [0.3, 0.4) is 0 Å². The molecule has 1 saturated heterocycles. The summed E-state index contributed by atoms with van der Waals surface area (Å²) >= 11 is 0. The molecule has 0 unspecified atom stereocenters. The summed E-state index contributed by atoms with van der Waals surface area (Å²) in [6.07, 6.45) is 1.33. The summed E-state index contributed by atoms with van der Waals surface area (Å²) in [5, 5.41) is 13.6. The predicted molar refractivity (Wildman–Crippen MR) is 82.2 cm³/mol. The Kier molecular flexibility index (Phi) is 4.24. The number of carbonyl (C=O) groups excluding carboxylic acids is 1. The van der Waals surface area contributed by atoms with Crippen molar-refractivity contribution < 1.29 is 14.4 Å². The fourth-order valence-electron chi connectivity index (χ4n) is 2.86. The van der Waals surface area contributed by atoms with Crippen LogP contribution in [0.1, 0.15) is 30.3 Å². The second kappa shape index (κ2) is 6.32. The molecule has 1 aromatic heterocycles. The Morgan fingerprint density at radius 2 is 2.00 bits per heavy atom. The minimum absolute atomic E-state index is 0.126. The van der Waals surface area contributed by atoms with Crippen LogP contribution >= 0.6 is 0 Å². The van der Waals surface area contributed by atoms with Gasteiger partial charge in [-0.2, -0.15) is 0 Å². The summed E-state index contributed by atoms with van der Waals surface area (Å²) in [6.45, 7) is 3.11. The quantitative estimate of drug-likeness (QED) is 0.946. The first-order valence-electron chi connectivity index (χ1n) is 7.64. The molecule has 3 rings (SSSR count). The molecule has 2 heterocycles. The van der Waals surface area contributed by atoms with E-state index in [1.165, 1.54) is 0 Å². The van der Waals surface area contributed by atoms with Crippen molar-refractivity contribution >= 4 is 5.91 Å². The highest BCUT2D eigenvalue weighted by molar-refractivity contribution is 5.92. The Morgan fingerprint density at radius 1 is 1.32 bits per heavy atom. The number of likely N-dealkylation sites (tertiary alicyclic amines) is 1. The molecule has 0 radical (unpaired) electrons. The maximum Gasteiger partial charge on any atom is 0.292 e. The SMILES string of the molecule is C[C@@H](O)C1CCN(C(=O)c2cc(-c3ccccc3)no2)CC1. The molecule has 1 aliphatic heterocycles. The van der Waals surface area contributed by atoms with E-state index in [1.54, 1.807) is 11.0 Å². The van der Waals surface area contributed by atoms with Crippen molar-refractivity contribution in [3.05, 3.63) is 42.2 Å². The molecule has 0 spiro atoms. The van der Waals surface area contributed by atoms with E-state index in [0.29, 0.717) is 18.8 Å².